The predicted octanol–water partition coefficient (Wildman–Crippen LogP) is 1.31. The van der Waals surface area contributed by atoms with Gasteiger partial charge in [-0.25, -0.2) is 0 Å². The van der Waals surface area contributed by atoms with Crippen LogP contribution in [-0.4, -0.2) is 48.3 Å². The lowest BCUT2D eigenvalue weighted by Gasteiger charge is -2.34. The fourth-order valence-corrected chi connectivity index (χ4v) is 4.63. The molecule has 0 N–H and O–H groups in total. The van der Waals surface area contributed by atoms with Crippen LogP contribution in [0.1, 0.15) is 30.7 Å². The zero-order valence-corrected chi connectivity index (χ0v) is 13.3. The van der Waals surface area contributed by atoms with E-state index in [1.165, 1.54) is 4.31 Å². The van der Waals surface area contributed by atoms with Gasteiger partial charge in [0.2, 0.25) is 0 Å². The fraction of sp³-hybridized carbons (Fsp3) is 0.643. The Balaban J connectivity index is 1.85. The number of aromatic nitrogens is 1. The smallest absolute Gasteiger partial charge is 0.282 e. The maximum atomic E-state index is 12.7. The molecule has 2 heterocycles. The Kier molecular flexibility index (Phi) is 3.90. The van der Waals surface area contributed by atoms with Crippen molar-refractivity contribution in [2.45, 2.75) is 38.8 Å². The highest BCUT2D eigenvalue weighted by Gasteiger charge is 2.42. The summed E-state index contributed by atoms with van der Waals surface area (Å²) in [5, 5.41) is 0. The Morgan fingerprint density at radius 3 is 2.76 bits per heavy atom. The van der Waals surface area contributed by atoms with Gasteiger partial charge in [0, 0.05) is 24.8 Å². The van der Waals surface area contributed by atoms with Gasteiger partial charge in [0.05, 0.1) is 19.3 Å². The average molecular weight is 311 g/mol. The molecule has 0 unspecified atom stereocenters. The van der Waals surface area contributed by atoms with Gasteiger partial charge in [-0.05, 0) is 38.3 Å². The third kappa shape index (κ3) is 2.90. The number of aryl methyl sites for hydroxylation is 1. The number of rotatable bonds is 4. The van der Waals surface area contributed by atoms with Crippen LogP contribution in [0, 0.1) is 6.92 Å². The molecule has 116 valence electrons. The van der Waals surface area contributed by atoms with Gasteiger partial charge in [-0.3, -0.25) is 4.98 Å². The van der Waals surface area contributed by atoms with Gasteiger partial charge in [-0.15, -0.1) is 0 Å². The molecule has 0 atom stereocenters. The molecule has 0 radical (unpaired) electrons. The minimum absolute atomic E-state index is 0.213. The first-order chi connectivity index (χ1) is 10.0. The second kappa shape index (κ2) is 5.55. The van der Waals surface area contributed by atoms with E-state index in [1.54, 1.807) is 11.4 Å². The lowest BCUT2D eigenvalue weighted by molar-refractivity contribution is 0.271. The number of ether oxygens (including phenoxy) is 1. The van der Waals surface area contributed by atoms with Crippen LogP contribution in [0.25, 0.3) is 0 Å². The van der Waals surface area contributed by atoms with Crippen LogP contribution in [0.4, 0.5) is 0 Å². The summed E-state index contributed by atoms with van der Waals surface area (Å²) in [6.45, 7) is 3.35. The van der Waals surface area contributed by atoms with Crippen molar-refractivity contribution < 1.29 is 13.2 Å². The van der Waals surface area contributed by atoms with E-state index in [1.807, 2.05) is 19.1 Å². The molecule has 0 spiro atoms. The summed E-state index contributed by atoms with van der Waals surface area (Å²) in [5.41, 5.74) is 1.54. The molecular weight excluding hydrogens is 290 g/mol. The van der Waals surface area contributed by atoms with Crippen LogP contribution in [0.5, 0.6) is 5.75 Å². The Morgan fingerprint density at radius 2 is 2.10 bits per heavy atom. The number of hydrogen-bond donors (Lipinski definition) is 0. The summed E-state index contributed by atoms with van der Waals surface area (Å²) < 4.78 is 33.8. The SMILES string of the molecule is COc1ccc(C)nc1CN1CCCN(C2CC2)S1(=O)=O. The summed E-state index contributed by atoms with van der Waals surface area (Å²) in [6, 6.07) is 3.92. The van der Waals surface area contributed by atoms with Crippen LogP contribution in [0.3, 0.4) is 0 Å². The molecule has 6 nitrogen and oxygen atoms in total. The molecule has 1 saturated heterocycles. The average Bonchev–Trinajstić information content (AvgIpc) is 3.25. The molecule has 0 aromatic carbocycles. The normalized spacial score (nSPS) is 23.1. The summed E-state index contributed by atoms with van der Waals surface area (Å²) in [7, 11) is -1.79. The third-order valence-electron chi connectivity index (χ3n) is 3.98. The van der Waals surface area contributed by atoms with Gasteiger partial charge in [0.15, 0.2) is 0 Å². The summed E-state index contributed by atoms with van der Waals surface area (Å²) in [5.74, 6) is 0.638. The number of nitrogens with zero attached hydrogens (tertiary/aromatic N) is 3. The molecule has 1 saturated carbocycles. The Bertz CT molecular complexity index is 628. The zero-order valence-electron chi connectivity index (χ0n) is 12.4. The van der Waals surface area contributed by atoms with E-state index < -0.39 is 10.2 Å². The van der Waals surface area contributed by atoms with Gasteiger partial charge in [0.1, 0.15) is 5.75 Å². The van der Waals surface area contributed by atoms with E-state index >= 15 is 0 Å². The first-order valence-corrected chi connectivity index (χ1v) is 8.69. The predicted molar refractivity (Wildman–Crippen MR) is 79.2 cm³/mol. The molecule has 2 fully saturated rings. The summed E-state index contributed by atoms with van der Waals surface area (Å²) in [6.07, 6.45) is 2.84. The lowest BCUT2D eigenvalue weighted by atomic mass is 10.2. The first kappa shape index (κ1) is 14.7. The van der Waals surface area contributed by atoms with Crippen LogP contribution >= 0.6 is 0 Å². The monoisotopic (exact) mass is 311 g/mol. The minimum atomic E-state index is -3.37. The molecule has 2 aliphatic rings. The van der Waals surface area contributed by atoms with E-state index in [2.05, 4.69) is 4.98 Å². The van der Waals surface area contributed by atoms with Gasteiger partial charge < -0.3 is 4.74 Å². The van der Waals surface area contributed by atoms with Crippen molar-refractivity contribution >= 4 is 10.2 Å². The van der Waals surface area contributed by atoms with Gasteiger partial charge >= 0.3 is 0 Å². The first-order valence-electron chi connectivity index (χ1n) is 7.30. The zero-order chi connectivity index (χ0) is 15.0. The van der Waals surface area contributed by atoms with Gasteiger partial charge in [-0.1, -0.05) is 0 Å². The molecule has 0 bridgehead atoms. The van der Waals surface area contributed by atoms with Crippen LogP contribution in [0.2, 0.25) is 0 Å². The fourth-order valence-electron chi connectivity index (χ4n) is 2.74. The van der Waals surface area contributed by atoms with Crippen LogP contribution in [-0.2, 0) is 16.8 Å². The van der Waals surface area contributed by atoms with Crippen molar-refractivity contribution in [3.05, 3.63) is 23.5 Å². The van der Waals surface area contributed by atoms with Crippen molar-refractivity contribution in [2.24, 2.45) is 0 Å². The highest BCUT2D eigenvalue weighted by atomic mass is 32.2. The quantitative estimate of drug-likeness (QED) is 0.841. The largest absolute Gasteiger partial charge is 0.495 e. The topological polar surface area (TPSA) is 62.7 Å². The number of pyridine rings is 1. The maximum Gasteiger partial charge on any atom is 0.282 e. The second-order valence-electron chi connectivity index (χ2n) is 5.64. The third-order valence-corrected chi connectivity index (χ3v) is 6.02. The van der Waals surface area contributed by atoms with Crippen molar-refractivity contribution in [1.82, 2.24) is 13.6 Å². The van der Waals surface area contributed by atoms with Crippen molar-refractivity contribution in [3.63, 3.8) is 0 Å². The van der Waals surface area contributed by atoms with E-state index in [0.29, 0.717) is 24.5 Å². The second-order valence-corrected chi connectivity index (χ2v) is 7.52. The van der Waals surface area contributed by atoms with Crippen molar-refractivity contribution in [3.8, 4) is 5.75 Å². The molecule has 7 heteroatoms. The standard InChI is InChI=1S/C14H21N3O3S/c1-11-4-7-14(20-2)13(15-11)10-16-8-3-9-17(12-5-6-12)21(16,18)19/h4,7,12H,3,5-6,8-10H2,1-2H3. The number of hydrogen-bond acceptors (Lipinski definition) is 4. The maximum absolute atomic E-state index is 12.7. The summed E-state index contributed by atoms with van der Waals surface area (Å²) >= 11 is 0. The Hall–Kier alpha value is -1.18. The number of methoxy groups -OCH3 is 1. The molecule has 1 aromatic rings. The van der Waals surface area contributed by atoms with Gasteiger partial charge in [-0.2, -0.15) is 17.0 Å². The molecule has 1 aliphatic heterocycles. The molecule has 21 heavy (non-hydrogen) atoms. The van der Waals surface area contributed by atoms with Crippen molar-refractivity contribution in [2.75, 3.05) is 20.2 Å². The van der Waals surface area contributed by atoms with Gasteiger partial charge in [0.25, 0.3) is 10.2 Å². The van der Waals surface area contributed by atoms with E-state index in [-0.39, 0.29) is 12.6 Å². The van der Waals surface area contributed by atoms with Crippen molar-refractivity contribution in [1.29, 1.82) is 0 Å². The molecular formula is C14H21N3O3S. The molecule has 1 aromatic heterocycles. The van der Waals surface area contributed by atoms with Crippen LogP contribution < -0.4 is 4.74 Å². The Morgan fingerprint density at radius 1 is 1.33 bits per heavy atom. The minimum Gasteiger partial charge on any atom is -0.495 e. The highest BCUT2D eigenvalue weighted by Crippen LogP contribution is 2.33. The lowest BCUT2D eigenvalue weighted by Crippen LogP contribution is -2.50. The highest BCUT2D eigenvalue weighted by molar-refractivity contribution is 7.86. The van der Waals surface area contributed by atoms with E-state index in [0.717, 1.165) is 25.0 Å². The van der Waals surface area contributed by atoms with Crippen LogP contribution in [0.15, 0.2) is 12.1 Å². The molecule has 1 aliphatic carbocycles. The van der Waals surface area contributed by atoms with E-state index in [9.17, 15) is 8.42 Å². The molecule has 0 amide bonds. The summed E-state index contributed by atoms with van der Waals surface area (Å²) in [4.78, 5) is 4.44. The molecule has 3 rings (SSSR count). The Labute approximate surface area is 125 Å². The van der Waals surface area contributed by atoms with E-state index in [4.69, 9.17) is 4.74 Å².